The lowest BCUT2D eigenvalue weighted by Crippen LogP contribution is -2.32. The number of rotatable bonds is 3. The number of anilines is 1. The van der Waals surface area contributed by atoms with E-state index in [4.69, 9.17) is 11.1 Å². The highest BCUT2D eigenvalue weighted by Crippen LogP contribution is 2.28. The van der Waals surface area contributed by atoms with Crippen LogP contribution >= 0.6 is 15.9 Å². The van der Waals surface area contributed by atoms with E-state index in [1.165, 1.54) is 0 Å². The first kappa shape index (κ1) is 13.4. The summed E-state index contributed by atoms with van der Waals surface area (Å²) < 4.78 is 0.958. The molecular formula is C13H19BrN4. The molecule has 1 heterocycles. The summed E-state index contributed by atoms with van der Waals surface area (Å²) in [5, 5.41) is 7.69. The van der Waals surface area contributed by atoms with Crippen molar-refractivity contribution in [3.05, 3.63) is 28.2 Å². The lowest BCUT2D eigenvalue weighted by molar-refractivity contribution is 0.315. The van der Waals surface area contributed by atoms with Gasteiger partial charge in [-0.05, 0) is 38.7 Å². The molecule has 0 amide bonds. The van der Waals surface area contributed by atoms with Crippen LogP contribution in [0.1, 0.15) is 12.0 Å². The van der Waals surface area contributed by atoms with E-state index in [0.29, 0.717) is 6.04 Å². The summed E-state index contributed by atoms with van der Waals surface area (Å²) in [5.41, 5.74) is 7.54. The molecule has 4 nitrogen and oxygen atoms in total. The number of nitrogen functional groups attached to an aromatic ring is 1. The molecular weight excluding hydrogens is 292 g/mol. The van der Waals surface area contributed by atoms with Gasteiger partial charge in [0.15, 0.2) is 0 Å². The summed E-state index contributed by atoms with van der Waals surface area (Å²) in [6.45, 7) is 2.01. The monoisotopic (exact) mass is 310 g/mol. The molecule has 3 N–H and O–H groups in total. The highest BCUT2D eigenvalue weighted by Gasteiger charge is 2.25. The number of nitrogens with zero attached hydrogens (tertiary/aromatic N) is 2. The van der Waals surface area contributed by atoms with Crippen LogP contribution in [0.2, 0.25) is 0 Å². The Morgan fingerprint density at radius 1 is 1.50 bits per heavy atom. The first-order valence-electron chi connectivity index (χ1n) is 6.04. The van der Waals surface area contributed by atoms with Gasteiger partial charge in [-0.1, -0.05) is 15.9 Å². The zero-order chi connectivity index (χ0) is 13.3. The van der Waals surface area contributed by atoms with Gasteiger partial charge in [-0.2, -0.15) is 0 Å². The van der Waals surface area contributed by atoms with Gasteiger partial charge in [0.05, 0.1) is 0 Å². The SMILES string of the molecule is CN(C)C1CCN(c2ccc(Br)cc2C(=N)N)C1. The van der Waals surface area contributed by atoms with Crippen molar-refractivity contribution in [3.8, 4) is 0 Å². The van der Waals surface area contributed by atoms with Crippen LogP contribution in [0.4, 0.5) is 5.69 Å². The van der Waals surface area contributed by atoms with Crippen molar-refractivity contribution in [3.63, 3.8) is 0 Å². The van der Waals surface area contributed by atoms with Crippen molar-refractivity contribution in [1.82, 2.24) is 4.90 Å². The molecule has 0 aliphatic carbocycles. The number of halogens is 1. The average molecular weight is 311 g/mol. The van der Waals surface area contributed by atoms with Gasteiger partial charge in [-0.3, -0.25) is 5.41 Å². The van der Waals surface area contributed by atoms with E-state index in [2.05, 4.69) is 39.8 Å². The second-order valence-corrected chi connectivity index (χ2v) is 5.84. The van der Waals surface area contributed by atoms with Gasteiger partial charge in [0.25, 0.3) is 0 Å². The van der Waals surface area contributed by atoms with Gasteiger partial charge in [0.1, 0.15) is 5.84 Å². The molecule has 1 atom stereocenters. The Kier molecular flexibility index (Phi) is 3.92. The highest BCUT2D eigenvalue weighted by molar-refractivity contribution is 9.10. The normalized spacial score (nSPS) is 19.6. The molecule has 2 rings (SSSR count). The molecule has 98 valence electrons. The topological polar surface area (TPSA) is 56.4 Å². The molecule has 1 fully saturated rings. The Hall–Kier alpha value is -1.07. The van der Waals surface area contributed by atoms with Crippen LogP contribution in [0.15, 0.2) is 22.7 Å². The van der Waals surface area contributed by atoms with Crippen molar-refractivity contribution in [2.75, 3.05) is 32.1 Å². The molecule has 1 aliphatic heterocycles. The summed E-state index contributed by atoms with van der Waals surface area (Å²) >= 11 is 3.43. The minimum Gasteiger partial charge on any atom is -0.384 e. The molecule has 1 unspecified atom stereocenters. The average Bonchev–Trinajstić information content (AvgIpc) is 2.78. The lowest BCUT2D eigenvalue weighted by Gasteiger charge is -2.23. The molecule has 0 bridgehead atoms. The Bertz CT molecular complexity index is 458. The number of amidine groups is 1. The number of hydrogen-bond donors (Lipinski definition) is 2. The number of nitrogens with two attached hydrogens (primary N) is 1. The number of nitrogens with one attached hydrogen (secondary N) is 1. The van der Waals surface area contributed by atoms with Crippen molar-refractivity contribution < 1.29 is 0 Å². The van der Waals surface area contributed by atoms with Crippen LogP contribution in [0.3, 0.4) is 0 Å². The Morgan fingerprint density at radius 3 is 2.78 bits per heavy atom. The second kappa shape index (κ2) is 5.28. The summed E-state index contributed by atoms with van der Waals surface area (Å²) in [6.07, 6.45) is 1.15. The fraction of sp³-hybridized carbons (Fsp3) is 0.462. The molecule has 0 saturated carbocycles. The zero-order valence-corrected chi connectivity index (χ0v) is 12.4. The van der Waals surface area contributed by atoms with Crippen molar-refractivity contribution in [2.24, 2.45) is 5.73 Å². The third-order valence-electron chi connectivity index (χ3n) is 3.48. The fourth-order valence-corrected chi connectivity index (χ4v) is 2.74. The van der Waals surface area contributed by atoms with Crippen molar-refractivity contribution in [2.45, 2.75) is 12.5 Å². The van der Waals surface area contributed by atoms with E-state index < -0.39 is 0 Å². The predicted octanol–water partition coefficient (Wildman–Crippen LogP) is 1.87. The second-order valence-electron chi connectivity index (χ2n) is 4.93. The van der Waals surface area contributed by atoms with Gasteiger partial charge in [0.2, 0.25) is 0 Å². The first-order valence-corrected chi connectivity index (χ1v) is 6.83. The third-order valence-corrected chi connectivity index (χ3v) is 3.98. The predicted molar refractivity (Wildman–Crippen MR) is 79.5 cm³/mol. The van der Waals surface area contributed by atoms with E-state index in [1.807, 2.05) is 18.2 Å². The quantitative estimate of drug-likeness (QED) is 0.662. The van der Waals surface area contributed by atoms with E-state index in [-0.39, 0.29) is 5.84 Å². The summed E-state index contributed by atoms with van der Waals surface area (Å²) in [4.78, 5) is 4.57. The largest absolute Gasteiger partial charge is 0.384 e. The first-order chi connectivity index (χ1) is 8.49. The van der Waals surface area contributed by atoms with Gasteiger partial charge >= 0.3 is 0 Å². The van der Waals surface area contributed by atoms with Crippen LogP contribution in [0.25, 0.3) is 0 Å². The maximum absolute atomic E-state index is 7.69. The standard InChI is InChI=1S/C13H19BrN4/c1-17(2)10-5-6-18(8-10)12-4-3-9(14)7-11(12)13(15)16/h3-4,7,10H,5-6,8H2,1-2H3,(H3,15,16). The summed E-state index contributed by atoms with van der Waals surface area (Å²) in [6, 6.07) is 6.54. The molecule has 5 heteroatoms. The molecule has 1 aliphatic rings. The fourth-order valence-electron chi connectivity index (χ4n) is 2.38. The third kappa shape index (κ3) is 2.67. The Balaban J connectivity index is 2.27. The summed E-state index contributed by atoms with van der Waals surface area (Å²) in [5.74, 6) is 0.125. The molecule has 0 aromatic heterocycles. The summed E-state index contributed by atoms with van der Waals surface area (Å²) in [7, 11) is 4.23. The molecule has 1 aromatic rings. The minimum absolute atomic E-state index is 0.125. The van der Waals surface area contributed by atoms with Crippen LogP contribution in [0.5, 0.6) is 0 Å². The number of hydrogen-bond acceptors (Lipinski definition) is 3. The van der Waals surface area contributed by atoms with Crippen LogP contribution < -0.4 is 10.6 Å². The lowest BCUT2D eigenvalue weighted by atomic mass is 10.1. The van der Waals surface area contributed by atoms with Crippen molar-refractivity contribution in [1.29, 1.82) is 5.41 Å². The Labute approximate surface area is 116 Å². The van der Waals surface area contributed by atoms with E-state index in [1.54, 1.807) is 0 Å². The maximum atomic E-state index is 7.69. The molecule has 0 radical (unpaired) electrons. The maximum Gasteiger partial charge on any atom is 0.124 e. The van der Waals surface area contributed by atoms with E-state index in [9.17, 15) is 0 Å². The van der Waals surface area contributed by atoms with Crippen molar-refractivity contribution >= 4 is 27.5 Å². The van der Waals surface area contributed by atoms with Gasteiger partial charge in [-0.15, -0.1) is 0 Å². The van der Waals surface area contributed by atoms with Gasteiger partial charge in [0, 0.05) is 34.9 Å². The molecule has 18 heavy (non-hydrogen) atoms. The van der Waals surface area contributed by atoms with Gasteiger partial charge in [-0.25, -0.2) is 0 Å². The number of benzene rings is 1. The smallest absolute Gasteiger partial charge is 0.124 e. The van der Waals surface area contributed by atoms with E-state index in [0.717, 1.165) is 35.2 Å². The van der Waals surface area contributed by atoms with E-state index >= 15 is 0 Å². The highest BCUT2D eigenvalue weighted by atomic mass is 79.9. The number of likely N-dealkylation sites (N-methyl/N-ethyl adjacent to an activating group) is 1. The van der Waals surface area contributed by atoms with Crippen LogP contribution in [-0.2, 0) is 0 Å². The molecule has 0 spiro atoms. The van der Waals surface area contributed by atoms with Gasteiger partial charge < -0.3 is 15.5 Å². The molecule has 1 saturated heterocycles. The molecule has 1 aromatic carbocycles. The zero-order valence-electron chi connectivity index (χ0n) is 10.8. The van der Waals surface area contributed by atoms with Crippen LogP contribution in [-0.4, -0.2) is 44.0 Å². The van der Waals surface area contributed by atoms with Crippen LogP contribution in [0, 0.1) is 5.41 Å². The Morgan fingerprint density at radius 2 is 2.22 bits per heavy atom. The minimum atomic E-state index is 0.125.